The lowest BCUT2D eigenvalue weighted by Gasteiger charge is -2.35. The first-order chi connectivity index (χ1) is 13.6. The van der Waals surface area contributed by atoms with Crippen LogP contribution in [0.4, 0.5) is 0 Å². The minimum absolute atomic E-state index is 0.0475. The minimum Gasteiger partial charge on any atom is -0.349 e. The van der Waals surface area contributed by atoms with Crippen LogP contribution in [0.1, 0.15) is 52.4 Å². The van der Waals surface area contributed by atoms with Crippen LogP contribution in [0.3, 0.4) is 0 Å². The van der Waals surface area contributed by atoms with Gasteiger partial charge in [-0.2, -0.15) is 0 Å². The zero-order valence-electron chi connectivity index (χ0n) is 16.7. The average Bonchev–Trinajstić information content (AvgIpc) is 3.21. The molecule has 2 aromatic rings. The smallest absolute Gasteiger partial charge is 0.251 e. The van der Waals surface area contributed by atoms with Gasteiger partial charge >= 0.3 is 0 Å². The molecule has 5 heteroatoms. The van der Waals surface area contributed by atoms with E-state index in [0.717, 1.165) is 43.5 Å². The molecule has 5 nitrogen and oxygen atoms in total. The molecule has 3 N–H and O–H groups in total. The molecule has 148 valence electrons. The van der Waals surface area contributed by atoms with Crippen molar-refractivity contribution in [2.45, 2.75) is 51.4 Å². The molecule has 0 aliphatic carbocycles. The lowest BCUT2D eigenvalue weighted by atomic mass is 10.0. The molecule has 2 atom stereocenters. The maximum absolute atomic E-state index is 12.6. The summed E-state index contributed by atoms with van der Waals surface area (Å²) in [6.45, 7) is 6.12. The van der Waals surface area contributed by atoms with Gasteiger partial charge in [0.1, 0.15) is 0 Å². The Labute approximate surface area is 167 Å². The second kappa shape index (κ2) is 8.43. The van der Waals surface area contributed by atoms with E-state index in [1.165, 1.54) is 11.1 Å². The minimum atomic E-state index is 0.0475. The Morgan fingerprint density at radius 2 is 1.75 bits per heavy atom. The van der Waals surface area contributed by atoms with Crippen molar-refractivity contribution < 1.29 is 4.79 Å². The second-order valence-electron chi connectivity index (χ2n) is 8.09. The molecule has 1 amide bonds. The highest BCUT2D eigenvalue weighted by Gasteiger charge is 2.32. The van der Waals surface area contributed by atoms with Crippen LogP contribution >= 0.6 is 0 Å². The number of nitrogens with zero attached hydrogens (tertiary/aromatic N) is 1. The first kappa shape index (κ1) is 19.1. The summed E-state index contributed by atoms with van der Waals surface area (Å²) in [5.41, 5.74) is 11.4. The van der Waals surface area contributed by atoms with E-state index in [1.54, 1.807) is 0 Å². The number of hydrogen-bond donors (Lipinski definition) is 3. The van der Waals surface area contributed by atoms with Crippen molar-refractivity contribution in [3.05, 3.63) is 70.8 Å². The van der Waals surface area contributed by atoms with Gasteiger partial charge in [-0.15, -0.1) is 0 Å². The van der Waals surface area contributed by atoms with E-state index in [9.17, 15) is 4.79 Å². The van der Waals surface area contributed by atoms with E-state index >= 15 is 0 Å². The van der Waals surface area contributed by atoms with Gasteiger partial charge in [-0.05, 0) is 61.9 Å². The molecule has 0 aromatic heterocycles. The van der Waals surface area contributed by atoms with Crippen molar-refractivity contribution in [2.75, 3.05) is 13.1 Å². The number of rotatable bonds is 4. The quantitative estimate of drug-likeness (QED) is 0.765. The van der Waals surface area contributed by atoms with E-state index in [-0.39, 0.29) is 11.9 Å². The molecule has 2 unspecified atom stereocenters. The molecule has 4 rings (SSSR count). The van der Waals surface area contributed by atoms with Crippen molar-refractivity contribution in [1.29, 1.82) is 0 Å². The van der Waals surface area contributed by atoms with Crippen molar-refractivity contribution in [3.8, 4) is 0 Å². The van der Waals surface area contributed by atoms with Crippen LogP contribution in [-0.4, -0.2) is 36.1 Å². The highest BCUT2D eigenvalue weighted by Crippen LogP contribution is 2.25. The fourth-order valence-electron chi connectivity index (χ4n) is 4.19. The predicted octanol–water partition coefficient (Wildman–Crippen LogP) is 3.06. The number of hydrazine groups is 1. The average molecular weight is 379 g/mol. The number of aryl methyl sites for hydroxylation is 2. The van der Waals surface area contributed by atoms with E-state index in [1.807, 2.05) is 18.2 Å². The summed E-state index contributed by atoms with van der Waals surface area (Å²) in [5, 5.41) is 3.23. The fraction of sp³-hybridized carbons (Fsp3) is 0.435. The summed E-state index contributed by atoms with van der Waals surface area (Å²) in [7, 11) is 0. The van der Waals surface area contributed by atoms with Gasteiger partial charge in [-0.3, -0.25) is 9.69 Å². The molecule has 28 heavy (non-hydrogen) atoms. The standard InChI is InChI=1S/C23H30N4O/c1-16-8-9-19(14-17(16)2)23(28)24-20-10-12-27(13-11-20)22-15-21(25-26-22)18-6-4-3-5-7-18/h3-9,14,20-22,25-26H,10-13,15H2,1-2H3,(H,24,28). The number of piperidine rings is 1. The first-order valence-corrected chi connectivity index (χ1v) is 10.3. The molecule has 0 spiro atoms. The van der Waals surface area contributed by atoms with E-state index in [2.05, 4.69) is 65.2 Å². The molecule has 2 saturated heterocycles. The molecule has 2 aliphatic heterocycles. The number of carbonyl (C=O) groups excluding carboxylic acids is 1. The topological polar surface area (TPSA) is 56.4 Å². The van der Waals surface area contributed by atoms with Gasteiger partial charge in [0.05, 0.1) is 6.17 Å². The van der Waals surface area contributed by atoms with Gasteiger partial charge < -0.3 is 5.32 Å². The van der Waals surface area contributed by atoms with Crippen LogP contribution in [-0.2, 0) is 0 Å². The lowest BCUT2D eigenvalue weighted by molar-refractivity contribution is 0.0880. The van der Waals surface area contributed by atoms with Crippen molar-refractivity contribution in [1.82, 2.24) is 21.1 Å². The van der Waals surface area contributed by atoms with Crippen LogP contribution < -0.4 is 16.2 Å². The number of likely N-dealkylation sites (tertiary alicyclic amines) is 1. The first-order valence-electron chi connectivity index (χ1n) is 10.3. The van der Waals surface area contributed by atoms with Crippen molar-refractivity contribution >= 4 is 5.91 Å². The van der Waals surface area contributed by atoms with Crippen molar-refractivity contribution in [3.63, 3.8) is 0 Å². The second-order valence-corrected chi connectivity index (χ2v) is 8.09. The molecule has 2 fully saturated rings. The normalized spacial score (nSPS) is 23.6. The Morgan fingerprint density at radius 1 is 1.00 bits per heavy atom. The molecular formula is C23H30N4O. The summed E-state index contributed by atoms with van der Waals surface area (Å²) in [4.78, 5) is 15.1. The van der Waals surface area contributed by atoms with Crippen molar-refractivity contribution in [2.24, 2.45) is 0 Å². The third-order valence-corrected chi connectivity index (χ3v) is 6.16. The molecule has 2 aromatic carbocycles. The van der Waals surface area contributed by atoms with Crippen LogP contribution in [0.5, 0.6) is 0 Å². The molecule has 0 radical (unpaired) electrons. The van der Waals surface area contributed by atoms with Crippen LogP contribution in [0.15, 0.2) is 48.5 Å². The lowest BCUT2D eigenvalue weighted by Crippen LogP contribution is -2.51. The summed E-state index contributed by atoms with van der Waals surface area (Å²) < 4.78 is 0. The highest BCUT2D eigenvalue weighted by molar-refractivity contribution is 5.94. The predicted molar refractivity (Wildman–Crippen MR) is 112 cm³/mol. The maximum atomic E-state index is 12.6. The van der Waals surface area contributed by atoms with E-state index in [0.29, 0.717) is 12.2 Å². The monoisotopic (exact) mass is 378 g/mol. The third kappa shape index (κ3) is 4.27. The third-order valence-electron chi connectivity index (χ3n) is 6.16. The van der Waals surface area contributed by atoms with E-state index in [4.69, 9.17) is 0 Å². The van der Waals surface area contributed by atoms with Gasteiger partial charge in [-0.1, -0.05) is 36.4 Å². The number of hydrogen-bond acceptors (Lipinski definition) is 4. The number of benzene rings is 2. The van der Waals surface area contributed by atoms with Crippen LogP contribution in [0.2, 0.25) is 0 Å². The SMILES string of the molecule is Cc1ccc(C(=O)NC2CCN(C3CC(c4ccccc4)NN3)CC2)cc1C. The van der Waals surface area contributed by atoms with Gasteiger partial charge in [-0.25, -0.2) is 10.9 Å². The summed E-state index contributed by atoms with van der Waals surface area (Å²) in [6, 6.07) is 17.1. The molecule has 0 bridgehead atoms. The van der Waals surface area contributed by atoms with Gasteiger partial charge in [0.2, 0.25) is 0 Å². The molecular weight excluding hydrogens is 348 g/mol. The molecule has 2 heterocycles. The zero-order valence-corrected chi connectivity index (χ0v) is 16.7. The van der Waals surface area contributed by atoms with E-state index < -0.39 is 0 Å². The summed E-state index contributed by atoms with van der Waals surface area (Å²) in [5.74, 6) is 0.0475. The maximum Gasteiger partial charge on any atom is 0.251 e. The summed E-state index contributed by atoms with van der Waals surface area (Å²) in [6.07, 6.45) is 3.39. The van der Waals surface area contributed by atoms with Gasteiger partial charge in [0, 0.05) is 30.7 Å². The Morgan fingerprint density at radius 3 is 2.46 bits per heavy atom. The fourth-order valence-corrected chi connectivity index (χ4v) is 4.19. The Balaban J connectivity index is 1.27. The number of amides is 1. The van der Waals surface area contributed by atoms with Gasteiger partial charge in [0.25, 0.3) is 5.91 Å². The zero-order chi connectivity index (χ0) is 19.5. The highest BCUT2D eigenvalue weighted by atomic mass is 16.1. The molecule has 2 aliphatic rings. The Hall–Kier alpha value is -2.21. The van der Waals surface area contributed by atoms with Crippen LogP contribution in [0, 0.1) is 13.8 Å². The largest absolute Gasteiger partial charge is 0.349 e. The van der Waals surface area contributed by atoms with Gasteiger partial charge in [0.15, 0.2) is 0 Å². The Kier molecular flexibility index (Phi) is 5.76. The number of carbonyl (C=O) groups is 1. The van der Waals surface area contributed by atoms with Crippen LogP contribution in [0.25, 0.3) is 0 Å². The molecule has 0 saturated carbocycles. The summed E-state index contributed by atoms with van der Waals surface area (Å²) >= 11 is 0. The number of nitrogens with one attached hydrogen (secondary N) is 3. The Bertz CT molecular complexity index is 815.